The molecule has 6 rings (SSSR count). The fourth-order valence-electron chi connectivity index (χ4n) is 5.23. The van der Waals surface area contributed by atoms with E-state index in [0.717, 1.165) is 20.9 Å². The topological polar surface area (TPSA) is 129 Å². The van der Waals surface area contributed by atoms with Crippen LogP contribution >= 0.6 is 15.9 Å². The minimum absolute atomic E-state index is 0.359. The number of hydrogen-bond donors (Lipinski definition) is 3. The maximum Gasteiger partial charge on any atom is 0.164 e. The summed E-state index contributed by atoms with van der Waals surface area (Å²) < 4.78 is 15.0. The number of aliphatic hydroxyl groups is 2. The van der Waals surface area contributed by atoms with E-state index < -0.39 is 30.1 Å². The molecule has 176 valence electrons. The molecule has 9 nitrogen and oxygen atoms in total. The predicted molar refractivity (Wildman–Crippen MR) is 129 cm³/mol. The van der Waals surface area contributed by atoms with Crippen LogP contribution in [0.15, 0.2) is 41.0 Å². The summed E-state index contributed by atoms with van der Waals surface area (Å²) >= 11 is 3.40. The van der Waals surface area contributed by atoms with Crippen LogP contribution in [0.1, 0.15) is 30.6 Å². The Bertz CT molecular complexity index is 1440. The number of hydrogen-bond acceptors (Lipinski definition) is 8. The molecule has 5 atom stereocenters. The first-order valence-electron chi connectivity index (χ1n) is 11.1. The molecule has 1 saturated carbocycles. The Kier molecular flexibility index (Phi) is 4.86. The van der Waals surface area contributed by atoms with Crippen LogP contribution in [0.25, 0.3) is 21.9 Å². The molecule has 0 spiro atoms. The van der Waals surface area contributed by atoms with E-state index in [1.807, 2.05) is 50.4 Å². The van der Waals surface area contributed by atoms with E-state index in [-0.39, 0.29) is 0 Å². The molecule has 1 aliphatic heterocycles. The van der Waals surface area contributed by atoms with Gasteiger partial charge in [-0.05, 0) is 66.9 Å². The largest absolute Gasteiger partial charge is 0.488 e. The Morgan fingerprint density at radius 3 is 2.85 bits per heavy atom. The first-order chi connectivity index (χ1) is 16.2. The third kappa shape index (κ3) is 3.20. The summed E-state index contributed by atoms with van der Waals surface area (Å²) in [5.74, 6) is 1.64. The molecule has 2 fully saturated rings. The smallest absolute Gasteiger partial charge is 0.164 e. The van der Waals surface area contributed by atoms with Gasteiger partial charge in [0.2, 0.25) is 0 Å². The van der Waals surface area contributed by atoms with Crippen LogP contribution < -0.4 is 10.5 Å². The zero-order chi connectivity index (χ0) is 23.8. The summed E-state index contributed by atoms with van der Waals surface area (Å²) in [5, 5.41) is 24.4. The number of nitrogens with two attached hydrogens (primary N) is 1. The van der Waals surface area contributed by atoms with E-state index in [1.165, 1.54) is 0 Å². The van der Waals surface area contributed by atoms with Crippen LogP contribution in [-0.2, 0) is 4.74 Å². The number of nitrogens with zero attached hydrogens (tertiary/aromatic N) is 4. The number of anilines is 1. The standard InChI is InChI=1S/C24H24BrN5O4/c1-11-15-6-8-30(22(15)28-12(2)27-11)23-19(31)24(32)7-5-18(20(24)34-23)33-14-4-3-13-9-16(25)21(26)29-17(13)10-14/h3-4,6,8-10,18-20,23,31-32H,5,7H2,1-2H3,(H2,26,29)/t18-,19?,20+,23+,24-/m0/s1. The van der Waals surface area contributed by atoms with Crippen molar-refractivity contribution in [3.8, 4) is 5.75 Å². The molecule has 1 unspecified atom stereocenters. The monoisotopic (exact) mass is 525 g/mol. The molecule has 1 saturated heterocycles. The molecule has 3 aromatic heterocycles. The number of aryl methyl sites for hydroxylation is 2. The number of benzene rings is 1. The quantitative estimate of drug-likeness (QED) is 0.372. The molecule has 4 N–H and O–H groups in total. The number of aliphatic hydroxyl groups excluding tert-OH is 1. The highest BCUT2D eigenvalue weighted by Gasteiger charge is 2.62. The lowest BCUT2D eigenvalue weighted by Gasteiger charge is -2.26. The van der Waals surface area contributed by atoms with Crippen molar-refractivity contribution in [1.82, 2.24) is 19.5 Å². The zero-order valence-corrected chi connectivity index (χ0v) is 20.2. The average Bonchev–Trinajstić information content (AvgIpc) is 3.42. The molecule has 0 radical (unpaired) electrons. The van der Waals surface area contributed by atoms with E-state index in [4.69, 9.17) is 15.2 Å². The van der Waals surface area contributed by atoms with Gasteiger partial charge in [0, 0.05) is 23.0 Å². The van der Waals surface area contributed by atoms with E-state index in [0.29, 0.717) is 41.4 Å². The van der Waals surface area contributed by atoms with Crippen LogP contribution in [0.4, 0.5) is 5.82 Å². The van der Waals surface area contributed by atoms with Gasteiger partial charge in [0.15, 0.2) is 6.23 Å². The van der Waals surface area contributed by atoms with Gasteiger partial charge in [0.1, 0.15) is 47.0 Å². The van der Waals surface area contributed by atoms with Gasteiger partial charge >= 0.3 is 0 Å². The number of ether oxygens (including phenoxy) is 2. The summed E-state index contributed by atoms with van der Waals surface area (Å²) in [5.41, 5.74) is 6.74. The molecule has 0 amide bonds. The molecule has 4 aromatic rings. The molecule has 10 heteroatoms. The SMILES string of the molecule is Cc1nc(C)c2ccn([C@@H]3O[C@@H]4[C@@H](Oc5ccc6cc(Br)c(N)nc6c5)CC[C@]4(O)C3O)c2n1. The van der Waals surface area contributed by atoms with Crippen molar-refractivity contribution in [1.29, 1.82) is 0 Å². The van der Waals surface area contributed by atoms with Gasteiger partial charge in [-0.15, -0.1) is 0 Å². The Balaban J connectivity index is 1.30. The van der Waals surface area contributed by atoms with Gasteiger partial charge in [-0.25, -0.2) is 15.0 Å². The molecule has 4 heterocycles. The van der Waals surface area contributed by atoms with Gasteiger partial charge < -0.3 is 30.0 Å². The first kappa shape index (κ1) is 21.7. The van der Waals surface area contributed by atoms with Crippen molar-refractivity contribution in [3.05, 3.63) is 52.5 Å². The molecule has 1 aromatic carbocycles. The summed E-state index contributed by atoms with van der Waals surface area (Å²) in [4.78, 5) is 13.4. The third-order valence-electron chi connectivity index (χ3n) is 6.93. The Hall–Kier alpha value is -2.79. The molecule has 2 aliphatic rings. The minimum Gasteiger partial charge on any atom is -0.488 e. The number of aromatic nitrogens is 4. The van der Waals surface area contributed by atoms with Crippen molar-refractivity contribution in [2.75, 3.05) is 5.73 Å². The summed E-state index contributed by atoms with van der Waals surface area (Å²) in [6.45, 7) is 3.75. The Labute approximate surface area is 203 Å². The molecular formula is C24H24BrN5O4. The lowest BCUT2D eigenvalue weighted by atomic mass is 9.94. The highest BCUT2D eigenvalue weighted by molar-refractivity contribution is 9.10. The molecule has 0 bridgehead atoms. The lowest BCUT2D eigenvalue weighted by Crippen LogP contribution is -2.47. The van der Waals surface area contributed by atoms with Crippen LogP contribution in [-0.4, -0.2) is 53.6 Å². The number of halogens is 1. The predicted octanol–water partition coefficient (Wildman–Crippen LogP) is 3.17. The number of nitrogen functional groups attached to an aromatic ring is 1. The zero-order valence-electron chi connectivity index (χ0n) is 18.6. The maximum absolute atomic E-state index is 11.4. The van der Waals surface area contributed by atoms with Crippen LogP contribution in [0.3, 0.4) is 0 Å². The summed E-state index contributed by atoms with van der Waals surface area (Å²) in [6, 6.07) is 9.39. The third-order valence-corrected chi connectivity index (χ3v) is 7.57. The number of fused-ring (bicyclic) bond motifs is 3. The van der Waals surface area contributed by atoms with E-state index in [2.05, 4.69) is 30.9 Å². The Morgan fingerprint density at radius 1 is 1.21 bits per heavy atom. The lowest BCUT2D eigenvalue weighted by molar-refractivity contribution is -0.0791. The van der Waals surface area contributed by atoms with Crippen LogP contribution in [0.2, 0.25) is 0 Å². The van der Waals surface area contributed by atoms with Crippen molar-refractivity contribution >= 4 is 43.7 Å². The van der Waals surface area contributed by atoms with E-state index in [1.54, 1.807) is 4.57 Å². The van der Waals surface area contributed by atoms with Crippen molar-refractivity contribution in [3.63, 3.8) is 0 Å². The van der Waals surface area contributed by atoms with E-state index in [9.17, 15) is 10.2 Å². The summed E-state index contributed by atoms with van der Waals surface area (Å²) in [6.07, 6.45) is -0.334. The van der Waals surface area contributed by atoms with Gasteiger partial charge in [-0.3, -0.25) is 0 Å². The minimum atomic E-state index is -1.42. The van der Waals surface area contributed by atoms with Gasteiger partial charge in [0.05, 0.1) is 15.7 Å². The second kappa shape index (κ2) is 7.61. The van der Waals surface area contributed by atoms with Crippen molar-refractivity contribution in [2.45, 2.75) is 56.8 Å². The fourth-order valence-corrected chi connectivity index (χ4v) is 5.57. The van der Waals surface area contributed by atoms with Crippen LogP contribution in [0.5, 0.6) is 5.75 Å². The Morgan fingerprint density at radius 2 is 2.03 bits per heavy atom. The maximum atomic E-state index is 11.4. The van der Waals surface area contributed by atoms with Gasteiger partial charge in [0.25, 0.3) is 0 Å². The van der Waals surface area contributed by atoms with Gasteiger partial charge in [-0.2, -0.15) is 0 Å². The molecule has 34 heavy (non-hydrogen) atoms. The van der Waals surface area contributed by atoms with Crippen molar-refractivity contribution < 1.29 is 19.7 Å². The second-order valence-electron chi connectivity index (χ2n) is 9.10. The highest BCUT2D eigenvalue weighted by atomic mass is 79.9. The highest BCUT2D eigenvalue weighted by Crippen LogP contribution is 2.48. The van der Waals surface area contributed by atoms with Crippen molar-refractivity contribution in [2.24, 2.45) is 0 Å². The van der Waals surface area contributed by atoms with Gasteiger partial charge in [-0.1, -0.05) is 0 Å². The first-order valence-corrected chi connectivity index (χ1v) is 11.9. The summed E-state index contributed by atoms with van der Waals surface area (Å²) in [7, 11) is 0. The van der Waals surface area contributed by atoms with E-state index >= 15 is 0 Å². The molecule has 1 aliphatic carbocycles. The number of rotatable bonds is 3. The second-order valence-corrected chi connectivity index (χ2v) is 9.96. The molecular weight excluding hydrogens is 502 g/mol. The normalized spacial score (nSPS) is 28.6. The van der Waals surface area contributed by atoms with Crippen LogP contribution in [0, 0.1) is 13.8 Å². The fraction of sp³-hybridized carbons (Fsp3) is 0.375. The number of pyridine rings is 1. The average molecular weight is 526 g/mol.